The molecule has 0 saturated carbocycles. The molecule has 1 aromatic rings. The number of rotatable bonds is 2. The van der Waals surface area contributed by atoms with Crippen molar-refractivity contribution in [1.29, 1.82) is 0 Å². The molecule has 13 heavy (non-hydrogen) atoms. The fraction of sp³-hybridized carbons (Fsp3) is 0.100. The Morgan fingerprint density at radius 1 is 1.46 bits per heavy atom. The highest BCUT2D eigenvalue weighted by atomic mass is 35.5. The van der Waals surface area contributed by atoms with Gasteiger partial charge in [-0.15, -0.1) is 0 Å². The van der Waals surface area contributed by atoms with E-state index in [1.807, 2.05) is 0 Å². The van der Waals surface area contributed by atoms with Gasteiger partial charge < -0.3 is 0 Å². The number of allylic oxidation sites excluding steroid dienone is 1. The summed E-state index contributed by atoms with van der Waals surface area (Å²) >= 11 is 5.62. The maximum atomic E-state index is 12.8. The molecule has 0 atom stereocenters. The van der Waals surface area contributed by atoms with Crippen LogP contribution < -0.4 is 0 Å². The maximum Gasteiger partial charge on any atom is 0.145 e. The predicted octanol–water partition coefficient (Wildman–Crippen LogP) is 3.08. The van der Waals surface area contributed by atoms with Crippen LogP contribution >= 0.6 is 11.6 Å². The van der Waals surface area contributed by atoms with E-state index in [2.05, 4.69) is 0 Å². The molecule has 0 aromatic heterocycles. The zero-order valence-electron chi connectivity index (χ0n) is 7.05. The first-order chi connectivity index (χ1) is 6.11. The minimum absolute atomic E-state index is 0.324. The smallest absolute Gasteiger partial charge is 0.145 e. The molecule has 0 N–H and O–H groups in total. The number of carbonyl (C=O) groups is 1. The SMILES string of the molecule is C/C(C=O)=C/c1cc(F)cc(Cl)c1. The number of hydrogen-bond acceptors (Lipinski definition) is 1. The minimum atomic E-state index is -0.405. The van der Waals surface area contributed by atoms with E-state index >= 15 is 0 Å². The van der Waals surface area contributed by atoms with Gasteiger partial charge in [0.2, 0.25) is 0 Å². The van der Waals surface area contributed by atoms with E-state index in [-0.39, 0.29) is 0 Å². The molecule has 0 bridgehead atoms. The Morgan fingerprint density at radius 2 is 2.15 bits per heavy atom. The quantitative estimate of drug-likeness (QED) is 0.527. The summed E-state index contributed by atoms with van der Waals surface area (Å²) in [5.41, 5.74) is 1.12. The number of carbonyl (C=O) groups excluding carboxylic acids is 1. The average Bonchev–Trinajstić information content (AvgIpc) is 2.02. The second kappa shape index (κ2) is 4.19. The second-order valence-corrected chi connectivity index (χ2v) is 3.15. The number of benzene rings is 1. The van der Waals surface area contributed by atoms with Crippen LogP contribution in [0.25, 0.3) is 6.08 Å². The van der Waals surface area contributed by atoms with Crippen LogP contribution in [-0.4, -0.2) is 6.29 Å². The first-order valence-corrected chi connectivity index (χ1v) is 4.09. The van der Waals surface area contributed by atoms with Crippen molar-refractivity contribution in [2.24, 2.45) is 0 Å². The van der Waals surface area contributed by atoms with Gasteiger partial charge in [-0.05, 0) is 42.3 Å². The summed E-state index contributed by atoms with van der Waals surface area (Å²) in [4.78, 5) is 10.3. The lowest BCUT2D eigenvalue weighted by Crippen LogP contribution is -1.81. The summed E-state index contributed by atoms with van der Waals surface area (Å²) < 4.78 is 12.8. The van der Waals surface area contributed by atoms with Gasteiger partial charge in [0.25, 0.3) is 0 Å². The van der Waals surface area contributed by atoms with Crippen LogP contribution in [0, 0.1) is 5.82 Å². The first-order valence-electron chi connectivity index (χ1n) is 3.71. The largest absolute Gasteiger partial charge is 0.298 e. The van der Waals surface area contributed by atoms with E-state index < -0.39 is 5.82 Å². The first kappa shape index (κ1) is 9.93. The van der Waals surface area contributed by atoms with Crippen molar-refractivity contribution in [1.82, 2.24) is 0 Å². The zero-order chi connectivity index (χ0) is 9.84. The van der Waals surface area contributed by atoms with Gasteiger partial charge in [0.15, 0.2) is 0 Å². The van der Waals surface area contributed by atoms with Crippen molar-refractivity contribution >= 4 is 24.0 Å². The van der Waals surface area contributed by atoms with Crippen molar-refractivity contribution in [2.75, 3.05) is 0 Å². The molecule has 0 fully saturated rings. The summed E-state index contributed by atoms with van der Waals surface area (Å²) in [6, 6.07) is 4.13. The molecule has 68 valence electrons. The van der Waals surface area contributed by atoms with Gasteiger partial charge in [-0.2, -0.15) is 0 Å². The fourth-order valence-corrected chi connectivity index (χ4v) is 1.19. The van der Waals surface area contributed by atoms with Gasteiger partial charge in [-0.1, -0.05) is 11.6 Å². The van der Waals surface area contributed by atoms with Gasteiger partial charge in [0.1, 0.15) is 12.1 Å². The van der Waals surface area contributed by atoms with Crippen molar-refractivity contribution in [2.45, 2.75) is 6.92 Å². The molecule has 0 radical (unpaired) electrons. The summed E-state index contributed by atoms with van der Waals surface area (Å²) in [6.45, 7) is 1.64. The number of hydrogen-bond donors (Lipinski definition) is 0. The van der Waals surface area contributed by atoms with E-state index in [1.165, 1.54) is 12.1 Å². The molecule has 0 saturated heterocycles. The molecule has 3 heteroatoms. The van der Waals surface area contributed by atoms with Crippen LogP contribution in [-0.2, 0) is 4.79 Å². The molecule has 0 aliphatic rings. The van der Waals surface area contributed by atoms with Crippen molar-refractivity contribution < 1.29 is 9.18 Å². The molecule has 1 nitrogen and oxygen atoms in total. The third kappa shape index (κ3) is 2.99. The Bertz CT molecular complexity index is 338. The van der Waals surface area contributed by atoms with Gasteiger partial charge in [0.05, 0.1) is 0 Å². The molecule has 0 heterocycles. The molecule has 0 amide bonds. The van der Waals surface area contributed by atoms with Crippen molar-refractivity contribution in [3.05, 3.63) is 40.2 Å². The Morgan fingerprint density at radius 3 is 2.69 bits per heavy atom. The maximum absolute atomic E-state index is 12.8. The molecular weight excluding hydrogens is 191 g/mol. The van der Waals surface area contributed by atoms with Gasteiger partial charge >= 0.3 is 0 Å². The van der Waals surface area contributed by atoms with Crippen LogP contribution in [0.1, 0.15) is 12.5 Å². The monoisotopic (exact) mass is 198 g/mol. The van der Waals surface area contributed by atoms with Crippen LogP contribution in [0.15, 0.2) is 23.8 Å². The second-order valence-electron chi connectivity index (χ2n) is 2.71. The molecule has 0 spiro atoms. The summed E-state index contributed by atoms with van der Waals surface area (Å²) in [5.74, 6) is -0.405. The summed E-state index contributed by atoms with van der Waals surface area (Å²) in [6.07, 6.45) is 2.28. The third-order valence-corrected chi connectivity index (χ3v) is 1.68. The molecule has 1 aromatic carbocycles. The van der Waals surface area contributed by atoms with E-state index in [0.717, 1.165) is 0 Å². The zero-order valence-corrected chi connectivity index (χ0v) is 7.81. The highest BCUT2D eigenvalue weighted by Crippen LogP contribution is 2.15. The van der Waals surface area contributed by atoms with Crippen LogP contribution in [0.5, 0.6) is 0 Å². The molecule has 1 rings (SSSR count). The lowest BCUT2D eigenvalue weighted by atomic mass is 10.1. The summed E-state index contributed by atoms with van der Waals surface area (Å²) in [5, 5.41) is 0.324. The summed E-state index contributed by atoms with van der Waals surface area (Å²) in [7, 11) is 0. The highest BCUT2D eigenvalue weighted by Gasteiger charge is 1.96. The van der Waals surface area contributed by atoms with Gasteiger partial charge in [0, 0.05) is 5.02 Å². The Labute approximate surface area is 80.8 Å². The normalized spacial score (nSPS) is 11.5. The molecule has 0 unspecified atom stereocenters. The molecule has 0 aliphatic heterocycles. The highest BCUT2D eigenvalue weighted by molar-refractivity contribution is 6.30. The molecule has 0 aliphatic carbocycles. The Kier molecular flexibility index (Phi) is 3.20. The van der Waals surface area contributed by atoms with E-state index in [4.69, 9.17) is 11.6 Å². The number of halogens is 2. The minimum Gasteiger partial charge on any atom is -0.298 e. The Balaban J connectivity index is 3.08. The van der Waals surface area contributed by atoms with Crippen LogP contribution in [0.2, 0.25) is 5.02 Å². The fourth-order valence-electron chi connectivity index (χ4n) is 0.955. The van der Waals surface area contributed by atoms with Crippen LogP contribution in [0.4, 0.5) is 4.39 Å². The topological polar surface area (TPSA) is 17.1 Å². The Hall–Kier alpha value is -1.15. The lowest BCUT2D eigenvalue weighted by molar-refractivity contribution is -0.104. The third-order valence-electron chi connectivity index (χ3n) is 1.47. The van der Waals surface area contributed by atoms with Crippen molar-refractivity contribution in [3.63, 3.8) is 0 Å². The van der Waals surface area contributed by atoms with Gasteiger partial charge in [-0.25, -0.2) is 4.39 Å². The van der Waals surface area contributed by atoms with Gasteiger partial charge in [-0.3, -0.25) is 4.79 Å². The van der Waals surface area contributed by atoms with E-state index in [1.54, 1.807) is 19.1 Å². The van der Waals surface area contributed by atoms with Crippen LogP contribution in [0.3, 0.4) is 0 Å². The van der Waals surface area contributed by atoms with Crippen molar-refractivity contribution in [3.8, 4) is 0 Å². The predicted molar refractivity (Wildman–Crippen MR) is 51.1 cm³/mol. The van der Waals surface area contributed by atoms with E-state index in [9.17, 15) is 9.18 Å². The average molecular weight is 199 g/mol. The van der Waals surface area contributed by atoms with E-state index in [0.29, 0.717) is 22.4 Å². The lowest BCUT2D eigenvalue weighted by Gasteiger charge is -1.96. The standard InChI is InChI=1S/C10H8ClFO/c1-7(6-13)2-8-3-9(11)5-10(12)4-8/h2-6H,1H3/b7-2-. The molecular formula is C10H8ClFO. The number of aldehydes is 1.